The molecule has 0 fully saturated rings. The normalized spacial score (nSPS) is 11.6. The molecule has 2 amide bonds. The lowest BCUT2D eigenvalue weighted by Crippen LogP contribution is -2.24. The van der Waals surface area contributed by atoms with Crippen LogP contribution in [0.4, 0.5) is 15.8 Å². The topological polar surface area (TPSA) is 58.2 Å². The van der Waals surface area contributed by atoms with Crippen LogP contribution in [0.5, 0.6) is 0 Å². The fourth-order valence-electron chi connectivity index (χ4n) is 2.76. The fraction of sp³-hybridized carbons (Fsp3) is 0.130. The molecular weight excluding hydrogens is 458 g/mol. The molecule has 3 rings (SSSR count). The van der Waals surface area contributed by atoms with Gasteiger partial charge in [-0.3, -0.25) is 9.59 Å². The molecule has 8 heteroatoms. The maximum Gasteiger partial charge on any atom is 0.257 e. The molecule has 160 valence electrons. The second-order valence-corrected chi connectivity index (χ2v) is 8.74. The van der Waals surface area contributed by atoms with Crippen LogP contribution in [0, 0.1) is 5.82 Å². The highest BCUT2D eigenvalue weighted by molar-refractivity contribution is 8.00. The number of nitrogens with one attached hydrogen (secondary N) is 2. The van der Waals surface area contributed by atoms with E-state index in [1.54, 1.807) is 30.3 Å². The Morgan fingerprint density at radius 3 is 2.39 bits per heavy atom. The number of hydrogen-bond donors (Lipinski definition) is 2. The number of benzene rings is 3. The van der Waals surface area contributed by atoms with E-state index < -0.39 is 0 Å². The summed E-state index contributed by atoms with van der Waals surface area (Å²) in [5.74, 6) is -0.899. The smallest absolute Gasteiger partial charge is 0.257 e. The van der Waals surface area contributed by atoms with Crippen molar-refractivity contribution in [3.8, 4) is 0 Å². The van der Waals surface area contributed by atoms with Crippen molar-refractivity contribution >= 4 is 58.2 Å². The highest BCUT2D eigenvalue weighted by atomic mass is 35.5. The van der Waals surface area contributed by atoms with Crippen LogP contribution in [0.25, 0.3) is 0 Å². The Hall–Kier alpha value is -2.54. The zero-order chi connectivity index (χ0) is 22.4. The second kappa shape index (κ2) is 10.7. The van der Waals surface area contributed by atoms with Gasteiger partial charge in [-0.05, 0) is 67.1 Å². The first-order valence-corrected chi connectivity index (χ1v) is 11.1. The monoisotopic (exact) mass is 476 g/mol. The molecule has 31 heavy (non-hydrogen) atoms. The second-order valence-electron chi connectivity index (χ2n) is 6.62. The third-order valence-electron chi connectivity index (χ3n) is 4.32. The van der Waals surface area contributed by atoms with Crippen LogP contribution in [-0.2, 0) is 4.79 Å². The molecule has 0 radical (unpaired) electrons. The van der Waals surface area contributed by atoms with Crippen LogP contribution in [0.2, 0.25) is 10.0 Å². The van der Waals surface area contributed by atoms with E-state index in [0.29, 0.717) is 28.4 Å². The lowest BCUT2D eigenvalue weighted by atomic mass is 10.2. The maximum absolute atomic E-state index is 13.1. The maximum atomic E-state index is 13.1. The minimum Gasteiger partial charge on any atom is -0.325 e. The first-order chi connectivity index (χ1) is 14.9. The number of rotatable bonds is 7. The molecule has 0 aliphatic heterocycles. The van der Waals surface area contributed by atoms with Crippen LogP contribution in [0.15, 0.2) is 71.6 Å². The van der Waals surface area contributed by atoms with Crippen LogP contribution in [-0.4, -0.2) is 17.1 Å². The summed E-state index contributed by atoms with van der Waals surface area (Å²) < 4.78 is 13.1. The molecule has 1 unspecified atom stereocenters. The third kappa shape index (κ3) is 6.47. The summed E-state index contributed by atoms with van der Waals surface area (Å²) >= 11 is 13.4. The lowest BCUT2D eigenvalue weighted by Gasteiger charge is -2.15. The SMILES string of the molecule is CCC(Sc1cccc(NC(=O)c2ccc(Cl)cc2Cl)c1)C(=O)Nc1ccc(F)cc1. The van der Waals surface area contributed by atoms with E-state index in [-0.39, 0.29) is 27.9 Å². The Kier molecular flexibility index (Phi) is 7.96. The fourth-order valence-corrected chi connectivity index (χ4v) is 4.27. The van der Waals surface area contributed by atoms with Crippen molar-refractivity contribution in [3.05, 3.63) is 88.2 Å². The number of halogens is 3. The van der Waals surface area contributed by atoms with E-state index in [1.807, 2.05) is 13.0 Å². The molecule has 0 saturated carbocycles. The predicted octanol–water partition coefficient (Wildman–Crippen LogP) is 6.89. The molecule has 2 N–H and O–H groups in total. The molecule has 0 aliphatic rings. The van der Waals surface area contributed by atoms with Crippen LogP contribution in [0.1, 0.15) is 23.7 Å². The van der Waals surface area contributed by atoms with Gasteiger partial charge >= 0.3 is 0 Å². The average Bonchev–Trinajstić information content (AvgIpc) is 2.73. The Morgan fingerprint density at radius 2 is 1.71 bits per heavy atom. The molecule has 3 aromatic carbocycles. The van der Waals surface area contributed by atoms with Crippen molar-refractivity contribution in [2.45, 2.75) is 23.5 Å². The Labute approximate surface area is 194 Å². The average molecular weight is 477 g/mol. The van der Waals surface area contributed by atoms with Gasteiger partial charge < -0.3 is 10.6 Å². The molecule has 0 bridgehead atoms. The summed E-state index contributed by atoms with van der Waals surface area (Å²) in [5, 5.41) is 5.96. The van der Waals surface area contributed by atoms with Crippen LogP contribution < -0.4 is 10.6 Å². The minimum atomic E-state index is -0.363. The molecule has 0 aliphatic carbocycles. The molecule has 0 spiro atoms. The van der Waals surface area contributed by atoms with Gasteiger partial charge in [-0.15, -0.1) is 11.8 Å². The third-order valence-corrected chi connectivity index (χ3v) is 6.23. The largest absolute Gasteiger partial charge is 0.325 e. The van der Waals surface area contributed by atoms with Crippen molar-refractivity contribution in [2.24, 2.45) is 0 Å². The van der Waals surface area contributed by atoms with Gasteiger partial charge in [0.25, 0.3) is 5.91 Å². The van der Waals surface area contributed by atoms with Gasteiger partial charge in [-0.1, -0.05) is 36.2 Å². The van der Waals surface area contributed by atoms with Crippen LogP contribution in [0.3, 0.4) is 0 Å². The summed E-state index contributed by atoms with van der Waals surface area (Å²) in [6, 6.07) is 17.5. The number of amides is 2. The van der Waals surface area contributed by atoms with Crippen molar-refractivity contribution in [2.75, 3.05) is 10.6 Å². The summed E-state index contributed by atoms with van der Waals surface area (Å²) in [6.07, 6.45) is 0.592. The molecule has 3 aromatic rings. The number of anilines is 2. The quantitative estimate of drug-likeness (QED) is 0.364. The van der Waals surface area contributed by atoms with E-state index >= 15 is 0 Å². The highest BCUT2D eigenvalue weighted by Crippen LogP contribution is 2.29. The van der Waals surface area contributed by atoms with Crippen molar-refractivity contribution in [1.29, 1.82) is 0 Å². The summed E-state index contributed by atoms with van der Waals surface area (Å²) in [4.78, 5) is 26.0. The summed E-state index contributed by atoms with van der Waals surface area (Å²) in [5.41, 5.74) is 1.43. The molecule has 0 aromatic heterocycles. The number of thioether (sulfide) groups is 1. The van der Waals surface area contributed by atoms with Gasteiger partial charge in [0.05, 0.1) is 15.8 Å². The van der Waals surface area contributed by atoms with Gasteiger partial charge in [-0.2, -0.15) is 0 Å². The van der Waals surface area contributed by atoms with E-state index in [1.165, 1.54) is 42.1 Å². The Morgan fingerprint density at radius 1 is 0.968 bits per heavy atom. The minimum absolute atomic E-state index is 0.179. The number of hydrogen-bond acceptors (Lipinski definition) is 3. The van der Waals surface area contributed by atoms with Crippen molar-refractivity contribution in [3.63, 3.8) is 0 Å². The molecule has 0 saturated heterocycles. The van der Waals surface area contributed by atoms with E-state index in [4.69, 9.17) is 23.2 Å². The van der Waals surface area contributed by atoms with E-state index in [2.05, 4.69) is 10.6 Å². The van der Waals surface area contributed by atoms with Gasteiger partial charge in [-0.25, -0.2) is 4.39 Å². The predicted molar refractivity (Wildman–Crippen MR) is 126 cm³/mol. The van der Waals surface area contributed by atoms with Crippen molar-refractivity contribution < 1.29 is 14.0 Å². The number of carbonyl (C=O) groups is 2. The zero-order valence-electron chi connectivity index (χ0n) is 16.5. The zero-order valence-corrected chi connectivity index (χ0v) is 18.8. The van der Waals surface area contributed by atoms with Gasteiger partial charge in [0, 0.05) is 21.3 Å². The van der Waals surface area contributed by atoms with Gasteiger partial charge in [0.15, 0.2) is 0 Å². The molecule has 1 atom stereocenters. The molecule has 0 heterocycles. The lowest BCUT2D eigenvalue weighted by molar-refractivity contribution is -0.115. The molecule has 4 nitrogen and oxygen atoms in total. The van der Waals surface area contributed by atoms with E-state index in [9.17, 15) is 14.0 Å². The Bertz CT molecular complexity index is 1090. The number of carbonyl (C=O) groups excluding carboxylic acids is 2. The van der Waals surface area contributed by atoms with Crippen molar-refractivity contribution in [1.82, 2.24) is 0 Å². The first-order valence-electron chi connectivity index (χ1n) is 9.45. The van der Waals surface area contributed by atoms with E-state index in [0.717, 1.165) is 4.90 Å². The van der Waals surface area contributed by atoms with Gasteiger partial charge in [0.1, 0.15) is 5.82 Å². The van der Waals surface area contributed by atoms with Gasteiger partial charge in [0.2, 0.25) is 5.91 Å². The first kappa shape index (κ1) is 23.1. The van der Waals surface area contributed by atoms with Crippen LogP contribution >= 0.6 is 35.0 Å². The summed E-state index contributed by atoms with van der Waals surface area (Å²) in [7, 11) is 0. The summed E-state index contributed by atoms with van der Waals surface area (Å²) in [6.45, 7) is 1.91. The Balaban J connectivity index is 1.67. The highest BCUT2D eigenvalue weighted by Gasteiger charge is 2.19. The standard InChI is InChI=1S/C23H19Cl2FN2O2S/c1-2-21(23(30)27-16-9-7-15(26)8-10-16)31-18-5-3-4-17(13-18)28-22(29)19-11-6-14(24)12-20(19)25/h3-13,21H,2H2,1H3,(H,27,30)(H,28,29). The molecular formula is C23H19Cl2FN2O2S.